The average molecular weight is 267 g/mol. The first-order chi connectivity index (χ1) is 8.41. The molecule has 3 nitrogen and oxygen atoms in total. The Morgan fingerprint density at radius 2 is 2.17 bits per heavy atom. The first-order valence-electron chi connectivity index (χ1n) is 6.09. The first-order valence-corrected chi connectivity index (χ1v) is 6.97. The van der Waals surface area contributed by atoms with Gasteiger partial charge in [-0.1, -0.05) is 13.8 Å². The molecule has 1 aromatic rings. The first kappa shape index (κ1) is 14.9. The number of carbonyl (C=O) groups is 1. The molecule has 0 aliphatic carbocycles. The highest BCUT2D eigenvalue weighted by Gasteiger charge is 2.14. The number of rotatable bonds is 6. The molecule has 1 atom stereocenters. The zero-order chi connectivity index (χ0) is 13.7. The van der Waals surface area contributed by atoms with Crippen LogP contribution >= 0.6 is 11.3 Å². The summed E-state index contributed by atoms with van der Waals surface area (Å²) in [5.74, 6) is -0.302. The van der Waals surface area contributed by atoms with Gasteiger partial charge in [-0.15, -0.1) is 11.3 Å². The van der Waals surface area contributed by atoms with E-state index in [9.17, 15) is 4.79 Å². The van der Waals surface area contributed by atoms with Crippen molar-refractivity contribution in [2.75, 3.05) is 7.05 Å². The summed E-state index contributed by atoms with van der Waals surface area (Å²) in [6.07, 6.45) is 2.86. The van der Waals surface area contributed by atoms with Crippen molar-refractivity contribution in [2.24, 2.45) is 5.92 Å². The van der Waals surface area contributed by atoms with Crippen molar-refractivity contribution in [1.29, 1.82) is 0 Å². The zero-order valence-electron chi connectivity index (χ0n) is 11.4. The minimum atomic E-state index is -0.906. The molecule has 1 N–H and O–H groups in total. The fourth-order valence-corrected chi connectivity index (χ4v) is 2.60. The van der Waals surface area contributed by atoms with Crippen molar-refractivity contribution >= 4 is 23.4 Å². The Morgan fingerprint density at radius 3 is 2.72 bits per heavy atom. The molecule has 1 aromatic heterocycles. The van der Waals surface area contributed by atoms with Gasteiger partial charge in [0, 0.05) is 23.5 Å². The highest BCUT2D eigenvalue weighted by molar-refractivity contribution is 7.10. The normalized spacial score (nSPS) is 13.7. The molecule has 0 saturated carbocycles. The largest absolute Gasteiger partial charge is 0.478 e. The van der Waals surface area contributed by atoms with E-state index in [-0.39, 0.29) is 0 Å². The van der Waals surface area contributed by atoms with E-state index in [0.717, 1.165) is 12.1 Å². The molecule has 0 aromatic carbocycles. The van der Waals surface area contributed by atoms with Crippen LogP contribution in [-0.4, -0.2) is 29.1 Å². The SMILES string of the molecule is CC(C)C(C)N(C)Cc1sccc1C=CC(=O)O. The minimum absolute atomic E-state index is 0.503. The maximum absolute atomic E-state index is 10.5. The van der Waals surface area contributed by atoms with Gasteiger partial charge >= 0.3 is 5.97 Å². The molecule has 0 radical (unpaired) electrons. The predicted octanol–water partition coefficient (Wildman–Crippen LogP) is 3.32. The third-order valence-electron chi connectivity index (χ3n) is 3.24. The van der Waals surface area contributed by atoms with Crippen molar-refractivity contribution < 1.29 is 9.90 Å². The Labute approximate surface area is 113 Å². The number of hydrogen-bond acceptors (Lipinski definition) is 3. The molecule has 18 heavy (non-hydrogen) atoms. The molecule has 1 rings (SSSR count). The van der Waals surface area contributed by atoms with E-state index in [4.69, 9.17) is 5.11 Å². The Hall–Kier alpha value is -1.13. The maximum Gasteiger partial charge on any atom is 0.328 e. The summed E-state index contributed by atoms with van der Waals surface area (Å²) in [5, 5.41) is 10.7. The van der Waals surface area contributed by atoms with Gasteiger partial charge in [-0.2, -0.15) is 0 Å². The molecule has 0 bridgehead atoms. The van der Waals surface area contributed by atoms with E-state index >= 15 is 0 Å². The van der Waals surface area contributed by atoms with Gasteiger partial charge in [0.05, 0.1) is 0 Å². The van der Waals surface area contributed by atoms with E-state index in [2.05, 4.69) is 32.7 Å². The Balaban J connectivity index is 2.73. The minimum Gasteiger partial charge on any atom is -0.478 e. The summed E-state index contributed by atoms with van der Waals surface area (Å²) in [5.41, 5.74) is 1.00. The Bertz CT molecular complexity index is 423. The molecule has 4 heteroatoms. The van der Waals surface area contributed by atoms with Crippen LogP contribution in [0.4, 0.5) is 0 Å². The monoisotopic (exact) mass is 267 g/mol. The lowest BCUT2D eigenvalue weighted by Gasteiger charge is -2.27. The molecule has 0 amide bonds. The summed E-state index contributed by atoms with van der Waals surface area (Å²) in [4.78, 5) is 14.0. The number of nitrogens with zero attached hydrogens (tertiary/aromatic N) is 1. The summed E-state index contributed by atoms with van der Waals surface area (Å²) >= 11 is 1.67. The van der Waals surface area contributed by atoms with Crippen molar-refractivity contribution in [2.45, 2.75) is 33.4 Å². The van der Waals surface area contributed by atoms with E-state index < -0.39 is 5.97 Å². The van der Waals surface area contributed by atoms with Gasteiger partial charge in [0.15, 0.2) is 0 Å². The van der Waals surface area contributed by atoms with Crippen LogP contribution in [0, 0.1) is 5.92 Å². The van der Waals surface area contributed by atoms with Gasteiger partial charge in [-0.05, 0) is 43.0 Å². The third-order valence-corrected chi connectivity index (χ3v) is 4.16. The standard InChI is InChI=1S/C14H21NO2S/c1-10(2)11(3)15(4)9-13-12(7-8-18-13)5-6-14(16)17/h5-8,10-11H,9H2,1-4H3,(H,16,17). The lowest BCUT2D eigenvalue weighted by Crippen LogP contribution is -2.32. The van der Waals surface area contributed by atoms with Crippen LogP contribution in [0.3, 0.4) is 0 Å². The van der Waals surface area contributed by atoms with Crippen LogP contribution in [0.1, 0.15) is 31.2 Å². The predicted molar refractivity (Wildman–Crippen MR) is 76.8 cm³/mol. The van der Waals surface area contributed by atoms with Crippen molar-refractivity contribution in [3.63, 3.8) is 0 Å². The topological polar surface area (TPSA) is 40.5 Å². The van der Waals surface area contributed by atoms with E-state index in [1.165, 1.54) is 11.0 Å². The van der Waals surface area contributed by atoms with Crippen molar-refractivity contribution in [3.8, 4) is 0 Å². The van der Waals surface area contributed by atoms with Crippen LogP contribution in [-0.2, 0) is 11.3 Å². The zero-order valence-corrected chi connectivity index (χ0v) is 12.2. The third kappa shape index (κ3) is 4.27. The summed E-state index contributed by atoms with van der Waals surface area (Å²) in [7, 11) is 2.11. The number of carboxylic acid groups (broad SMARTS) is 1. The molecule has 0 aliphatic heterocycles. The molecule has 100 valence electrons. The summed E-state index contributed by atoms with van der Waals surface area (Å²) in [6, 6.07) is 2.47. The van der Waals surface area contributed by atoms with E-state index in [1.807, 2.05) is 11.4 Å². The van der Waals surface area contributed by atoms with Gasteiger partial charge in [0.2, 0.25) is 0 Å². The Morgan fingerprint density at radius 1 is 1.50 bits per heavy atom. The number of hydrogen-bond donors (Lipinski definition) is 1. The van der Waals surface area contributed by atoms with Crippen molar-refractivity contribution in [3.05, 3.63) is 28.0 Å². The van der Waals surface area contributed by atoms with Crippen LogP contribution in [0.15, 0.2) is 17.5 Å². The molecular weight excluding hydrogens is 246 g/mol. The fourth-order valence-electron chi connectivity index (χ4n) is 1.67. The number of thiophene rings is 1. The lowest BCUT2D eigenvalue weighted by molar-refractivity contribution is -0.131. The summed E-state index contributed by atoms with van der Waals surface area (Å²) < 4.78 is 0. The molecule has 0 spiro atoms. The smallest absolute Gasteiger partial charge is 0.328 e. The molecule has 0 fully saturated rings. The van der Waals surface area contributed by atoms with Crippen LogP contribution in [0.5, 0.6) is 0 Å². The molecular formula is C14H21NO2S. The van der Waals surface area contributed by atoms with Crippen LogP contribution in [0.2, 0.25) is 0 Å². The van der Waals surface area contributed by atoms with Gasteiger partial charge in [-0.25, -0.2) is 4.79 Å². The van der Waals surface area contributed by atoms with Crippen molar-refractivity contribution in [1.82, 2.24) is 4.90 Å². The second-order valence-corrected chi connectivity index (χ2v) is 5.87. The summed E-state index contributed by atoms with van der Waals surface area (Å²) in [6.45, 7) is 7.49. The average Bonchev–Trinajstić information content (AvgIpc) is 2.72. The molecule has 0 aliphatic rings. The quantitative estimate of drug-likeness (QED) is 0.804. The number of aliphatic carboxylic acids is 1. The second-order valence-electron chi connectivity index (χ2n) is 4.87. The van der Waals surface area contributed by atoms with Gasteiger partial charge in [-0.3, -0.25) is 4.90 Å². The highest BCUT2D eigenvalue weighted by Crippen LogP contribution is 2.22. The van der Waals surface area contributed by atoms with Crippen LogP contribution < -0.4 is 0 Å². The molecule has 1 heterocycles. The van der Waals surface area contributed by atoms with E-state index in [0.29, 0.717) is 12.0 Å². The fraction of sp³-hybridized carbons (Fsp3) is 0.500. The van der Waals surface area contributed by atoms with E-state index in [1.54, 1.807) is 17.4 Å². The maximum atomic E-state index is 10.5. The Kier molecular flexibility index (Phi) is 5.56. The van der Waals surface area contributed by atoms with Gasteiger partial charge in [0.25, 0.3) is 0 Å². The second kappa shape index (κ2) is 6.71. The van der Waals surface area contributed by atoms with Gasteiger partial charge in [0.1, 0.15) is 0 Å². The highest BCUT2D eigenvalue weighted by atomic mass is 32.1. The molecule has 0 saturated heterocycles. The molecule has 1 unspecified atom stereocenters. The van der Waals surface area contributed by atoms with Gasteiger partial charge < -0.3 is 5.11 Å². The van der Waals surface area contributed by atoms with Crippen LogP contribution in [0.25, 0.3) is 6.08 Å². The lowest BCUT2D eigenvalue weighted by atomic mass is 10.1. The number of carboxylic acids is 1.